The number of ether oxygens (including phenoxy) is 2. The van der Waals surface area contributed by atoms with E-state index in [-0.39, 0.29) is 36.0 Å². The Morgan fingerprint density at radius 2 is 0.825 bits per heavy atom. The summed E-state index contributed by atoms with van der Waals surface area (Å²) in [6.45, 7) is 8.80. The van der Waals surface area contributed by atoms with Crippen molar-refractivity contribution in [2.45, 2.75) is 114 Å². The highest BCUT2D eigenvalue weighted by Crippen LogP contribution is 2.43. The molecular weight excluding hydrogens is 1100 g/mol. The standard InChI is InChI=1S/C60H76Cl4N10O6/c61-47-37-43(39-69-25-7-15-55(69)57(75)73-29-27-71(45-17-18-45)51-11-1-3-13-53(51)73)49(63)35-41(47)9-5-21-65-59(77)67-23-31-79-33-34-80-32-24-68-60(78)66-22-6-10-42-36-50(64)44(38-48(42)62)40-70-26-8-16-56(70)58(76)74-30-28-72(46-19-20-46)52-12-2-4-14-54(52)74/h1-4,11-14,35-38,45-46,55-56H,5-10,15-34,39-40H2,(H2,65,67,77)(H2,66,68,78)/t55-,56-/m0/s1. The van der Waals surface area contributed by atoms with Gasteiger partial charge in [-0.05, 0) is 161 Å². The topological polar surface area (TPSA) is 154 Å². The lowest BCUT2D eigenvalue weighted by Gasteiger charge is -2.40. The number of benzene rings is 4. The molecule has 4 aliphatic heterocycles. The highest BCUT2D eigenvalue weighted by Gasteiger charge is 2.42. The third kappa shape index (κ3) is 14.8. The summed E-state index contributed by atoms with van der Waals surface area (Å²) in [6.07, 6.45) is 11.1. The molecular formula is C60H76Cl4N10O6. The van der Waals surface area contributed by atoms with E-state index in [4.69, 9.17) is 55.9 Å². The van der Waals surface area contributed by atoms with Crippen LogP contribution in [0.25, 0.3) is 0 Å². The van der Waals surface area contributed by atoms with Crippen LogP contribution in [-0.2, 0) is 45.0 Å². The number of likely N-dealkylation sites (tertiary alicyclic amines) is 2. The van der Waals surface area contributed by atoms with E-state index >= 15 is 0 Å². The van der Waals surface area contributed by atoms with Gasteiger partial charge in [0.25, 0.3) is 0 Å². The van der Waals surface area contributed by atoms with Crippen molar-refractivity contribution < 1.29 is 28.7 Å². The van der Waals surface area contributed by atoms with Crippen LogP contribution >= 0.6 is 46.4 Å². The molecule has 20 heteroatoms. The summed E-state index contributed by atoms with van der Waals surface area (Å²) in [6, 6.07) is 24.5. The molecule has 10 rings (SSSR count). The third-order valence-corrected chi connectivity index (χ3v) is 17.7. The van der Waals surface area contributed by atoms with Gasteiger partial charge in [0.2, 0.25) is 11.8 Å². The smallest absolute Gasteiger partial charge is 0.314 e. The molecule has 2 atom stereocenters. The number of anilines is 4. The molecule has 80 heavy (non-hydrogen) atoms. The minimum Gasteiger partial charge on any atom is -0.377 e. The Kier molecular flexibility index (Phi) is 20.2. The van der Waals surface area contributed by atoms with Crippen molar-refractivity contribution in [2.75, 3.05) is 111 Å². The molecule has 6 amide bonds. The number of fused-ring (bicyclic) bond motifs is 2. The van der Waals surface area contributed by atoms with Gasteiger partial charge in [0.1, 0.15) is 0 Å². The monoisotopic (exact) mass is 1170 g/mol. The Morgan fingerprint density at radius 3 is 1.24 bits per heavy atom. The summed E-state index contributed by atoms with van der Waals surface area (Å²) in [5, 5.41) is 13.9. The van der Waals surface area contributed by atoms with Gasteiger partial charge in [-0.25, -0.2) is 9.59 Å². The Hall–Kier alpha value is -5.04. The molecule has 4 N–H and O–H groups in total. The Balaban J connectivity index is 0.540. The molecule has 2 saturated heterocycles. The quantitative estimate of drug-likeness (QED) is 0.0472. The molecule has 0 bridgehead atoms. The molecule has 0 aromatic heterocycles. The van der Waals surface area contributed by atoms with Crippen LogP contribution in [-0.4, -0.2) is 150 Å². The average Bonchev–Trinajstić information content (AvgIpc) is 4.55. The van der Waals surface area contributed by atoms with Gasteiger partial charge >= 0.3 is 12.1 Å². The van der Waals surface area contributed by atoms with Gasteiger partial charge in [-0.15, -0.1) is 0 Å². The number of rotatable bonds is 25. The first kappa shape index (κ1) is 58.2. The van der Waals surface area contributed by atoms with Crippen molar-refractivity contribution in [2.24, 2.45) is 0 Å². The summed E-state index contributed by atoms with van der Waals surface area (Å²) in [7, 11) is 0. The van der Waals surface area contributed by atoms with Crippen molar-refractivity contribution in [3.63, 3.8) is 0 Å². The number of amides is 6. The first-order chi connectivity index (χ1) is 39.0. The Morgan fingerprint density at radius 1 is 0.450 bits per heavy atom. The molecule has 4 heterocycles. The molecule has 4 aromatic rings. The van der Waals surface area contributed by atoms with Crippen LogP contribution < -0.4 is 40.9 Å². The van der Waals surface area contributed by atoms with Crippen molar-refractivity contribution in [3.8, 4) is 0 Å². The number of halogens is 4. The van der Waals surface area contributed by atoms with E-state index in [9.17, 15) is 19.2 Å². The second kappa shape index (κ2) is 27.8. The summed E-state index contributed by atoms with van der Waals surface area (Å²) < 4.78 is 11.2. The van der Waals surface area contributed by atoms with E-state index in [1.54, 1.807) is 0 Å². The van der Waals surface area contributed by atoms with Crippen LogP contribution in [0.15, 0.2) is 72.8 Å². The second-order valence-corrected chi connectivity index (χ2v) is 23.6. The maximum Gasteiger partial charge on any atom is 0.314 e. The number of hydrogen-bond acceptors (Lipinski definition) is 10. The van der Waals surface area contributed by atoms with Crippen molar-refractivity contribution in [1.82, 2.24) is 31.1 Å². The molecule has 4 fully saturated rings. The minimum absolute atomic E-state index is 0.156. The summed E-state index contributed by atoms with van der Waals surface area (Å²) in [5.74, 6) is 0.313. The maximum atomic E-state index is 14.1. The van der Waals surface area contributed by atoms with Gasteiger partial charge < -0.3 is 50.3 Å². The molecule has 0 radical (unpaired) electrons. The summed E-state index contributed by atoms with van der Waals surface area (Å²) in [5.41, 5.74) is 7.99. The fourth-order valence-corrected chi connectivity index (χ4v) is 13.0. The van der Waals surface area contributed by atoms with Crippen LogP contribution in [0.2, 0.25) is 20.1 Å². The van der Waals surface area contributed by atoms with E-state index in [1.807, 2.05) is 46.2 Å². The molecule has 4 aromatic carbocycles. The zero-order valence-electron chi connectivity index (χ0n) is 45.7. The van der Waals surface area contributed by atoms with Crippen molar-refractivity contribution in [1.29, 1.82) is 0 Å². The highest BCUT2D eigenvalue weighted by molar-refractivity contribution is 6.34. The largest absolute Gasteiger partial charge is 0.377 e. The zero-order valence-corrected chi connectivity index (χ0v) is 48.7. The number of para-hydroxylation sites is 4. The van der Waals surface area contributed by atoms with Gasteiger partial charge in [0, 0.05) is 97.6 Å². The van der Waals surface area contributed by atoms with Crippen LogP contribution in [0.5, 0.6) is 0 Å². The van der Waals surface area contributed by atoms with Gasteiger partial charge in [0.05, 0.1) is 61.3 Å². The van der Waals surface area contributed by atoms with Crippen LogP contribution in [0.3, 0.4) is 0 Å². The zero-order chi connectivity index (χ0) is 55.5. The first-order valence-corrected chi connectivity index (χ1v) is 30.5. The minimum atomic E-state index is -0.281. The molecule has 0 spiro atoms. The van der Waals surface area contributed by atoms with Gasteiger partial charge in [-0.2, -0.15) is 0 Å². The number of nitrogens with one attached hydrogen (secondary N) is 4. The molecule has 6 aliphatic rings. The SMILES string of the molecule is O=C(NCCCc1cc(Cl)c(CN2CCC[C@H]2C(=O)N2CCN(C3CC3)c3ccccc32)cc1Cl)NCCOCCOCCNC(=O)NCCCc1cc(Cl)c(CN2CCC[C@H]2C(=O)N2CCN(C3CC3)c3ccccc32)cc1Cl. The van der Waals surface area contributed by atoms with Gasteiger partial charge in [0.15, 0.2) is 0 Å². The number of hydrogen-bond donors (Lipinski definition) is 4. The van der Waals surface area contributed by atoms with Gasteiger partial charge in [-0.3, -0.25) is 19.4 Å². The average molecular weight is 1180 g/mol. The number of carbonyl (C=O) groups is 4. The van der Waals surface area contributed by atoms with E-state index in [0.717, 1.165) is 96.9 Å². The lowest BCUT2D eigenvalue weighted by molar-refractivity contribution is -0.123. The normalized spacial score (nSPS) is 19.2. The van der Waals surface area contributed by atoms with E-state index in [0.29, 0.717) is 137 Å². The third-order valence-electron chi connectivity index (χ3n) is 16.3. The van der Waals surface area contributed by atoms with Gasteiger partial charge in [-0.1, -0.05) is 70.7 Å². The lowest BCUT2D eigenvalue weighted by Crippen LogP contribution is -2.51. The van der Waals surface area contributed by atoms with E-state index in [1.165, 1.54) is 25.7 Å². The van der Waals surface area contributed by atoms with E-state index < -0.39 is 0 Å². The predicted molar refractivity (Wildman–Crippen MR) is 319 cm³/mol. The molecule has 0 unspecified atom stereocenters. The molecule has 16 nitrogen and oxygen atoms in total. The van der Waals surface area contributed by atoms with Crippen LogP contribution in [0, 0.1) is 0 Å². The van der Waals surface area contributed by atoms with Crippen LogP contribution in [0.4, 0.5) is 32.3 Å². The highest BCUT2D eigenvalue weighted by atomic mass is 35.5. The molecule has 2 saturated carbocycles. The number of urea groups is 2. The number of aryl methyl sites for hydroxylation is 2. The summed E-state index contributed by atoms with van der Waals surface area (Å²) in [4.78, 5) is 66.4. The lowest BCUT2D eigenvalue weighted by atomic mass is 10.1. The Bertz CT molecular complexity index is 2630. The Labute approximate surface area is 491 Å². The molecule has 430 valence electrons. The van der Waals surface area contributed by atoms with E-state index in [2.05, 4.69) is 77.3 Å². The van der Waals surface area contributed by atoms with Crippen molar-refractivity contribution in [3.05, 3.63) is 115 Å². The van der Waals surface area contributed by atoms with Crippen LogP contribution in [0.1, 0.15) is 86.5 Å². The molecule has 2 aliphatic carbocycles. The fraction of sp³-hybridized carbons (Fsp3) is 0.533. The first-order valence-electron chi connectivity index (χ1n) is 29.0. The number of carbonyl (C=O) groups excluding carboxylic acids is 4. The maximum absolute atomic E-state index is 14.1. The predicted octanol–water partition coefficient (Wildman–Crippen LogP) is 9.46. The second-order valence-electron chi connectivity index (χ2n) is 21.9. The fourth-order valence-electron chi connectivity index (χ4n) is 11.9. The van der Waals surface area contributed by atoms with Crippen molar-refractivity contribution >= 4 is 93.0 Å². The summed E-state index contributed by atoms with van der Waals surface area (Å²) >= 11 is 27.3. The number of nitrogens with zero attached hydrogens (tertiary/aromatic N) is 6.